The zero-order valence-electron chi connectivity index (χ0n) is 21.8. The smallest absolute Gasteiger partial charge is 0.258 e. The van der Waals surface area contributed by atoms with Gasteiger partial charge in [0.05, 0.1) is 5.69 Å². The van der Waals surface area contributed by atoms with Gasteiger partial charge in [0.15, 0.2) is 0 Å². The molecule has 1 fully saturated rings. The highest BCUT2D eigenvalue weighted by molar-refractivity contribution is 6.31. The first-order valence-electron chi connectivity index (χ1n) is 13.6. The normalized spacial score (nSPS) is 15.7. The van der Waals surface area contributed by atoms with Gasteiger partial charge in [0.2, 0.25) is 11.8 Å². The second kappa shape index (κ2) is 11.6. The van der Waals surface area contributed by atoms with Gasteiger partial charge >= 0.3 is 0 Å². The Bertz CT molecular complexity index is 1350. The summed E-state index contributed by atoms with van der Waals surface area (Å²) in [6, 6.07) is 18.7. The van der Waals surface area contributed by atoms with Crippen molar-refractivity contribution in [2.75, 3.05) is 11.4 Å². The summed E-state index contributed by atoms with van der Waals surface area (Å²) >= 11 is 6.44. The first-order chi connectivity index (χ1) is 18.5. The van der Waals surface area contributed by atoms with Gasteiger partial charge in [0.25, 0.3) is 5.91 Å². The Balaban J connectivity index is 1.30. The van der Waals surface area contributed by atoms with Crippen molar-refractivity contribution in [3.05, 3.63) is 76.8 Å². The van der Waals surface area contributed by atoms with Gasteiger partial charge < -0.3 is 15.1 Å². The third kappa shape index (κ3) is 5.28. The van der Waals surface area contributed by atoms with Crippen molar-refractivity contribution in [3.63, 3.8) is 0 Å². The summed E-state index contributed by atoms with van der Waals surface area (Å²) in [7, 11) is 0. The Morgan fingerprint density at radius 3 is 2.53 bits per heavy atom. The van der Waals surface area contributed by atoms with Crippen molar-refractivity contribution in [3.8, 4) is 0 Å². The van der Waals surface area contributed by atoms with Crippen LogP contribution in [0.15, 0.2) is 60.7 Å². The molecule has 7 heteroatoms. The SMILES string of the molecule is CC[C@H](C(=O)NC1CCCC1)N(Cc1ccccc1Cl)C(=O)CCCN1C(=O)c2cccc3cccc1c23. The molecule has 0 saturated heterocycles. The van der Waals surface area contributed by atoms with Gasteiger partial charge in [-0.05, 0) is 54.8 Å². The number of nitrogens with zero attached hydrogens (tertiary/aromatic N) is 2. The Hall–Kier alpha value is -3.38. The average Bonchev–Trinajstić information content (AvgIpc) is 3.53. The summed E-state index contributed by atoms with van der Waals surface area (Å²) in [5, 5.41) is 5.76. The van der Waals surface area contributed by atoms with E-state index in [1.54, 1.807) is 15.9 Å². The molecule has 198 valence electrons. The van der Waals surface area contributed by atoms with Crippen LogP contribution < -0.4 is 10.2 Å². The van der Waals surface area contributed by atoms with Crippen molar-refractivity contribution in [1.29, 1.82) is 0 Å². The molecule has 3 aromatic rings. The number of anilines is 1. The first kappa shape index (κ1) is 26.2. The molecule has 0 bridgehead atoms. The van der Waals surface area contributed by atoms with Crippen molar-refractivity contribution in [1.82, 2.24) is 10.2 Å². The van der Waals surface area contributed by atoms with E-state index in [0.29, 0.717) is 30.0 Å². The van der Waals surface area contributed by atoms with E-state index in [1.807, 2.05) is 61.5 Å². The molecule has 1 N–H and O–H groups in total. The highest BCUT2D eigenvalue weighted by Crippen LogP contribution is 2.37. The van der Waals surface area contributed by atoms with Gasteiger partial charge in [-0.1, -0.05) is 73.8 Å². The van der Waals surface area contributed by atoms with Gasteiger partial charge in [-0.3, -0.25) is 14.4 Å². The molecule has 0 spiro atoms. The van der Waals surface area contributed by atoms with Gasteiger partial charge in [0.1, 0.15) is 6.04 Å². The summed E-state index contributed by atoms with van der Waals surface area (Å²) in [4.78, 5) is 43.6. The molecule has 3 aromatic carbocycles. The lowest BCUT2D eigenvalue weighted by atomic mass is 10.1. The molecule has 1 atom stereocenters. The summed E-state index contributed by atoms with van der Waals surface area (Å²) in [6.07, 6.45) is 5.45. The quantitative estimate of drug-likeness (QED) is 0.343. The van der Waals surface area contributed by atoms with Crippen LogP contribution in [-0.2, 0) is 16.1 Å². The monoisotopic (exact) mass is 531 g/mol. The van der Waals surface area contributed by atoms with Crippen molar-refractivity contribution < 1.29 is 14.4 Å². The summed E-state index contributed by atoms with van der Waals surface area (Å²) in [6.45, 7) is 2.64. The topological polar surface area (TPSA) is 69.7 Å². The van der Waals surface area contributed by atoms with Crippen LogP contribution in [0.25, 0.3) is 10.8 Å². The maximum absolute atomic E-state index is 13.7. The third-order valence-corrected chi connectivity index (χ3v) is 8.18. The number of hydrogen-bond donors (Lipinski definition) is 1. The second-order valence-corrected chi connectivity index (χ2v) is 10.7. The average molecular weight is 532 g/mol. The lowest BCUT2D eigenvalue weighted by molar-refractivity contribution is -0.141. The fourth-order valence-corrected chi connectivity index (χ4v) is 6.03. The van der Waals surface area contributed by atoms with E-state index in [0.717, 1.165) is 47.7 Å². The predicted octanol–water partition coefficient (Wildman–Crippen LogP) is 6.10. The number of halogens is 1. The van der Waals surface area contributed by atoms with E-state index < -0.39 is 6.04 Å². The van der Waals surface area contributed by atoms with Crippen LogP contribution >= 0.6 is 11.6 Å². The highest BCUT2D eigenvalue weighted by atomic mass is 35.5. The number of carbonyl (C=O) groups excluding carboxylic acids is 3. The summed E-state index contributed by atoms with van der Waals surface area (Å²) in [5.74, 6) is -0.239. The minimum atomic E-state index is -0.578. The van der Waals surface area contributed by atoms with Crippen LogP contribution in [0.1, 0.15) is 67.8 Å². The molecule has 5 rings (SSSR count). The minimum Gasteiger partial charge on any atom is -0.352 e. The van der Waals surface area contributed by atoms with E-state index >= 15 is 0 Å². The molecule has 3 amide bonds. The molecule has 0 aromatic heterocycles. The van der Waals surface area contributed by atoms with Crippen LogP contribution in [0.4, 0.5) is 5.69 Å². The fraction of sp³-hybridized carbons (Fsp3) is 0.387. The van der Waals surface area contributed by atoms with Crippen molar-refractivity contribution in [2.24, 2.45) is 0 Å². The van der Waals surface area contributed by atoms with Crippen LogP contribution in [0, 0.1) is 0 Å². The number of hydrogen-bond acceptors (Lipinski definition) is 3. The van der Waals surface area contributed by atoms with Crippen molar-refractivity contribution in [2.45, 2.75) is 70.5 Å². The zero-order valence-corrected chi connectivity index (χ0v) is 22.5. The van der Waals surface area contributed by atoms with Gasteiger partial charge in [-0.25, -0.2) is 0 Å². The summed E-state index contributed by atoms with van der Waals surface area (Å²) in [5.41, 5.74) is 2.41. The molecular formula is C31H34ClN3O3. The Morgan fingerprint density at radius 1 is 1.05 bits per heavy atom. The van der Waals surface area contributed by atoms with Gasteiger partial charge in [-0.2, -0.15) is 0 Å². The van der Waals surface area contributed by atoms with Crippen LogP contribution in [-0.4, -0.2) is 41.2 Å². The Morgan fingerprint density at radius 2 is 1.79 bits per heavy atom. The molecule has 38 heavy (non-hydrogen) atoms. The number of rotatable bonds is 10. The number of nitrogens with one attached hydrogen (secondary N) is 1. The molecule has 1 saturated carbocycles. The highest BCUT2D eigenvalue weighted by Gasteiger charge is 2.32. The lowest BCUT2D eigenvalue weighted by Gasteiger charge is -2.32. The first-order valence-corrected chi connectivity index (χ1v) is 14.0. The standard InChI is InChI=1S/C31H34ClN3O3/c1-2-26(30(37)33-23-13-4-5-14-23)35(20-22-10-3-6-16-25(22)32)28(36)18-9-19-34-27-17-8-12-21-11-7-15-24(29(21)27)31(34)38/h3,6-8,10-12,15-17,23,26H,2,4-5,9,13-14,18-20H2,1H3,(H,33,37)/t26-/m1/s1. The molecule has 1 heterocycles. The number of carbonyl (C=O) groups is 3. The van der Waals surface area contributed by atoms with Gasteiger partial charge in [-0.15, -0.1) is 0 Å². The second-order valence-electron chi connectivity index (χ2n) is 10.3. The molecule has 0 unspecified atom stereocenters. The van der Waals surface area contributed by atoms with E-state index in [-0.39, 0.29) is 36.7 Å². The van der Waals surface area contributed by atoms with Crippen LogP contribution in [0.2, 0.25) is 5.02 Å². The van der Waals surface area contributed by atoms with Crippen molar-refractivity contribution >= 4 is 45.8 Å². The predicted molar refractivity (Wildman–Crippen MR) is 151 cm³/mol. The minimum absolute atomic E-state index is 0.0282. The Kier molecular flexibility index (Phi) is 7.98. The fourth-order valence-electron chi connectivity index (χ4n) is 5.83. The van der Waals surface area contributed by atoms with Gasteiger partial charge in [0, 0.05) is 41.5 Å². The lowest BCUT2D eigenvalue weighted by Crippen LogP contribution is -2.51. The molecule has 0 radical (unpaired) electrons. The zero-order chi connectivity index (χ0) is 26.6. The van der Waals surface area contributed by atoms with Crippen LogP contribution in [0.3, 0.4) is 0 Å². The van der Waals surface area contributed by atoms with E-state index in [9.17, 15) is 14.4 Å². The molecule has 1 aliphatic carbocycles. The largest absolute Gasteiger partial charge is 0.352 e. The summed E-state index contributed by atoms with van der Waals surface area (Å²) < 4.78 is 0. The van der Waals surface area contributed by atoms with E-state index in [2.05, 4.69) is 5.32 Å². The number of benzene rings is 3. The molecule has 1 aliphatic heterocycles. The molecule has 2 aliphatic rings. The number of amides is 3. The molecule has 6 nitrogen and oxygen atoms in total. The maximum Gasteiger partial charge on any atom is 0.258 e. The molecular weight excluding hydrogens is 498 g/mol. The third-order valence-electron chi connectivity index (χ3n) is 7.81. The maximum atomic E-state index is 13.7. The van der Waals surface area contributed by atoms with E-state index in [1.165, 1.54) is 0 Å². The van der Waals surface area contributed by atoms with E-state index in [4.69, 9.17) is 11.6 Å². The Labute approximate surface area is 228 Å². The van der Waals surface area contributed by atoms with Crippen LogP contribution in [0.5, 0.6) is 0 Å².